The van der Waals surface area contributed by atoms with Crippen molar-refractivity contribution in [1.29, 1.82) is 0 Å². The molecule has 1 saturated heterocycles. The van der Waals surface area contributed by atoms with Crippen molar-refractivity contribution in [2.24, 2.45) is 28.1 Å². The van der Waals surface area contributed by atoms with E-state index in [1.54, 1.807) is 74.6 Å². The third-order valence-electron chi connectivity index (χ3n) is 15.5. The molecular formula is C65H86N16O14. The number of hydrazine groups is 1. The number of carbonyl (C=O) groups excluding carboxylic acids is 11. The molecule has 0 saturated carbocycles. The van der Waals surface area contributed by atoms with Gasteiger partial charge in [-0.15, -0.1) is 0 Å². The lowest BCUT2D eigenvalue weighted by Gasteiger charge is -2.30. The Morgan fingerprint density at radius 2 is 1.24 bits per heavy atom. The summed E-state index contributed by atoms with van der Waals surface area (Å²) in [5.41, 5.74) is 25.0. The zero-order valence-corrected chi connectivity index (χ0v) is 53.5. The second-order valence-electron chi connectivity index (χ2n) is 23.5. The number of ether oxygens (including phenoxy) is 1. The molecule has 10 atom stereocenters. The molecule has 1 aliphatic rings. The van der Waals surface area contributed by atoms with Crippen LogP contribution in [0.3, 0.4) is 0 Å². The number of rotatable bonds is 33. The van der Waals surface area contributed by atoms with E-state index >= 15 is 0 Å². The molecule has 6 rings (SSSR count). The van der Waals surface area contributed by atoms with E-state index in [1.165, 1.54) is 31.0 Å². The number of phenols is 1. The van der Waals surface area contributed by atoms with Crippen molar-refractivity contribution in [2.75, 3.05) is 20.1 Å². The Hall–Kier alpha value is -10.6. The van der Waals surface area contributed by atoms with Gasteiger partial charge in [0.25, 0.3) is 5.91 Å². The number of nitrogens with one attached hydrogen (secondary N) is 11. The van der Waals surface area contributed by atoms with Crippen LogP contribution in [-0.2, 0) is 78.6 Å². The molecule has 1 aromatic heterocycles. The van der Waals surface area contributed by atoms with Crippen molar-refractivity contribution >= 4 is 82.0 Å². The minimum atomic E-state index is -1.89. The van der Waals surface area contributed by atoms with Crippen molar-refractivity contribution in [2.45, 2.75) is 146 Å². The summed E-state index contributed by atoms with van der Waals surface area (Å²) in [6.07, 6.45) is -1.70. The number of fused-ring (bicyclic) bond motifs is 1. The molecule has 30 heteroatoms. The first kappa shape index (κ1) is 73.4. The van der Waals surface area contributed by atoms with Gasteiger partial charge in [-0.3, -0.25) is 58.4 Å². The Labute approximate surface area is 548 Å². The van der Waals surface area contributed by atoms with Gasteiger partial charge in [0.15, 0.2) is 5.96 Å². The van der Waals surface area contributed by atoms with E-state index in [9.17, 15) is 63.0 Å². The third kappa shape index (κ3) is 23.2. The van der Waals surface area contributed by atoms with E-state index in [2.05, 4.69) is 63.4 Å². The smallest absolute Gasteiger partial charge is 0.334 e. The number of phenolic OH excluding ortho intramolecular Hbond substituents is 1. The number of benzene rings is 4. The highest BCUT2D eigenvalue weighted by atomic mass is 16.5. The lowest BCUT2D eigenvalue weighted by atomic mass is 10.0. The molecule has 0 unspecified atom stereocenters. The Morgan fingerprint density at radius 3 is 1.87 bits per heavy atom. The van der Waals surface area contributed by atoms with E-state index in [1.807, 2.05) is 42.5 Å². The second-order valence-corrected chi connectivity index (χ2v) is 23.5. The van der Waals surface area contributed by atoms with Gasteiger partial charge in [0.1, 0.15) is 54.1 Å². The first-order valence-corrected chi connectivity index (χ1v) is 31.0. The standard InChI is InChI=1S/C65H86N16O14/c1-36(2)27-49(58(88)73-47(21-14-26-70-64(68)69-5)57(87)74-48(56(67)86)30-42-33-71-46-20-13-12-19-45(42)46)77-65(94)80-79-60(90)50(28-39-15-8-6-9-16-39)76-62(92)55(37(3)82)78-59(89)51(32-54(66)85)75-61(91)53-31-44(95-35-41-17-10-7-11-18-41)34-81(53)63(93)52(72-38(4)83)29-40-22-24-43(84)25-23-40/h6-13,15-20,22-25,33,36-37,44,47-53,55,71,82,84H,14,21,26-32,34-35H2,1-5H3,(H2,66,85)(H2,67,86)(H,72,83)(H,73,88)(H,74,87)(H,75,91)(H,76,92)(H,78,89)(H,79,90)(H3,68,69,70)(H2,77,80,94)/t37-,44-,47+,48+,49+,50+,51+,52-,53+,55+/m1/s1. The summed E-state index contributed by atoms with van der Waals surface area (Å²) in [6, 6.07) is 17.9. The number of aromatic hydroxyl groups is 1. The number of primary amides is 2. The van der Waals surface area contributed by atoms with Crippen LogP contribution in [0, 0.1) is 5.92 Å². The van der Waals surface area contributed by atoms with Gasteiger partial charge >= 0.3 is 6.03 Å². The summed E-state index contributed by atoms with van der Waals surface area (Å²) in [5.74, 6) is -9.18. The average Bonchev–Trinajstić information content (AvgIpc) is 1.71. The van der Waals surface area contributed by atoms with Crippen LogP contribution in [0.25, 0.3) is 10.9 Å². The zero-order chi connectivity index (χ0) is 69.3. The minimum absolute atomic E-state index is 0.0131. The number of hydrogen-bond acceptors (Lipinski definition) is 15. The van der Waals surface area contributed by atoms with Crippen molar-refractivity contribution in [3.8, 4) is 5.75 Å². The Balaban J connectivity index is 1.15. The Bertz CT molecular complexity index is 3500. The minimum Gasteiger partial charge on any atom is -0.508 e. The van der Waals surface area contributed by atoms with Gasteiger partial charge in [-0.05, 0) is 72.6 Å². The number of urea groups is 1. The Morgan fingerprint density at radius 1 is 0.642 bits per heavy atom. The summed E-state index contributed by atoms with van der Waals surface area (Å²) in [5, 5.41) is 42.5. The van der Waals surface area contributed by atoms with Crippen LogP contribution in [0.4, 0.5) is 4.79 Å². The third-order valence-corrected chi connectivity index (χ3v) is 15.5. The van der Waals surface area contributed by atoms with Crippen molar-refractivity contribution in [1.82, 2.24) is 63.3 Å². The molecule has 0 bridgehead atoms. The number of para-hydroxylation sites is 1. The highest BCUT2D eigenvalue weighted by Gasteiger charge is 2.44. The first-order valence-electron chi connectivity index (χ1n) is 31.0. The van der Waals surface area contributed by atoms with Gasteiger partial charge in [-0.1, -0.05) is 105 Å². The molecule has 12 amide bonds. The average molecular weight is 1320 g/mol. The number of carbonyl (C=O) groups is 11. The molecule has 1 aliphatic heterocycles. The fraction of sp³-hybridized carbons (Fsp3) is 0.415. The molecule has 5 aromatic rings. The SMILES string of the molecule is CN=C(N)NCCC[C@H](NC(=O)[C@H](CC(C)C)NC(=O)NNC(=O)[C@H](Cc1ccccc1)NC(=O)[C@@H](NC(=O)[C@H](CC(N)=O)NC(=O)[C@@H]1C[C@@H](OCc2ccccc2)CN1C(=O)[C@@H](Cc1ccc(O)cc1)NC(C)=O)[C@@H](C)O)C(=O)N[C@@H](Cc1c[nH]c2ccccc12)C(N)=O. The summed E-state index contributed by atoms with van der Waals surface area (Å²) in [7, 11) is 1.48. The lowest BCUT2D eigenvalue weighted by Crippen LogP contribution is -2.62. The van der Waals surface area contributed by atoms with Gasteiger partial charge in [0, 0.05) is 69.8 Å². The number of guanidine groups is 1. The second kappa shape index (κ2) is 36.0. The number of hydrogen-bond donors (Lipinski definition) is 16. The highest BCUT2D eigenvalue weighted by molar-refractivity contribution is 5.99. The number of nitrogens with zero attached hydrogens (tertiary/aromatic N) is 2. The van der Waals surface area contributed by atoms with Gasteiger partial charge in [0.2, 0.25) is 53.2 Å². The number of aromatic nitrogens is 1. The molecule has 0 spiro atoms. The quantitative estimate of drug-likeness (QED) is 0.0102. The maximum atomic E-state index is 14.5. The number of H-pyrrole nitrogens is 1. The first-order chi connectivity index (χ1) is 45.3. The lowest BCUT2D eigenvalue weighted by molar-refractivity contribution is -0.142. The number of aromatic amines is 1. The van der Waals surface area contributed by atoms with Crippen molar-refractivity contribution in [3.05, 3.63) is 138 Å². The van der Waals surface area contributed by atoms with Crippen LogP contribution < -0.4 is 70.6 Å². The number of nitrogens with two attached hydrogens (primary N) is 3. The van der Waals surface area contributed by atoms with E-state index in [0.717, 1.165) is 23.4 Å². The molecule has 2 heterocycles. The Kier molecular flexibility index (Phi) is 27.8. The molecule has 1 fully saturated rings. The number of aliphatic hydroxyl groups excluding tert-OH is 1. The van der Waals surface area contributed by atoms with Gasteiger partial charge in [-0.2, -0.15) is 0 Å². The monoisotopic (exact) mass is 1310 g/mol. The van der Waals surface area contributed by atoms with Crippen molar-refractivity contribution < 1.29 is 67.7 Å². The summed E-state index contributed by atoms with van der Waals surface area (Å²) >= 11 is 0. The molecule has 0 radical (unpaired) electrons. The molecule has 510 valence electrons. The van der Waals surface area contributed by atoms with Crippen molar-refractivity contribution in [3.63, 3.8) is 0 Å². The van der Waals surface area contributed by atoms with Crippen LogP contribution in [0.2, 0.25) is 0 Å². The van der Waals surface area contributed by atoms with E-state index in [4.69, 9.17) is 21.9 Å². The fourth-order valence-electron chi connectivity index (χ4n) is 10.6. The normalized spacial score (nSPS) is 16.2. The topological polar surface area (TPSA) is 467 Å². The predicted octanol–water partition coefficient (Wildman–Crippen LogP) is -1.18. The maximum Gasteiger partial charge on any atom is 0.334 e. The zero-order valence-electron chi connectivity index (χ0n) is 53.5. The summed E-state index contributed by atoms with van der Waals surface area (Å²) in [4.78, 5) is 160. The number of aliphatic hydroxyl groups is 1. The van der Waals surface area contributed by atoms with Gasteiger partial charge in [-0.25, -0.2) is 10.2 Å². The largest absolute Gasteiger partial charge is 0.508 e. The molecule has 95 heavy (non-hydrogen) atoms. The molecule has 30 nitrogen and oxygen atoms in total. The highest BCUT2D eigenvalue weighted by Crippen LogP contribution is 2.25. The summed E-state index contributed by atoms with van der Waals surface area (Å²) < 4.78 is 6.17. The van der Waals surface area contributed by atoms with Gasteiger partial charge < -0.3 is 84.6 Å². The van der Waals surface area contributed by atoms with Crippen LogP contribution in [0.15, 0.2) is 120 Å². The predicted molar refractivity (Wildman–Crippen MR) is 349 cm³/mol. The summed E-state index contributed by atoms with van der Waals surface area (Å²) in [6.45, 7) is 6.08. The molecule has 0 aliphatic carbocycles. The molecule has 19 N–H and O–H groups in total. The van der Waals surface area contributed by atoms with Crippen LogP contribution >= 0.6 is 0 Å². The van der Waals surface area contributed by atoms with Gasteiger partial charge in [0.05, 0.1) is 25.2 Å². The molecular weight excluding hydrogens is 1230 g/mol. The molecule has 4 aromatic carbocycles. The fourth-order valence-corrected chi connectivity index (χ4v) is 10.6. The van der Waals surface area contributed by atoms with Crippen LogP contribution in [0.5, 0.6) is 5.75 Å². The van der Waals surface area contributed by atoms with E-state index in [-0.39, 0.29) is 82.3 Å². The number of amides is 12. The number of aliphatic imine (C=N–C) groups is 1. The van der Waals surface area contributed by atoms with Crippen LogP contribution in [-0.4, -0.2) is 172 Å². The number of likely N-dealkylation sites (tertiary alicyclic amines) is 1. The van der Waals surface area contributed by atoms with E-state index in [0.29, 0.717) is 16.7 Å². The maximum absolute atomic E-state index is 14.5. The van der Waals surface area contributed by atoms with Crippen LogP contribution in [0.1, 0.15) is 82.1 Å². The van der Waals surface area contributed by atoms with E-state index < -0.39 is 132 Å².